The molecule has 1 fully saturated rings. The number of ether oxygens (including phenoxy) is 2. The van der Waals surface area contributed by atoms with Crippen LogP contribution in [0.5, 0.6) is 11.5 Å². The molecule has 1 aliphatic carbocycles. The molecule has 0 spiro atoms. The lowest BCUT2D eigenvalue weighted by atomic mass is 10.2. The third-order valence-electron chi connectivity index (χ3n) is 2.75. The Hall–Kier alpha value is -1.09. The van der Waals surface area contributed by atoms with E-state index in [9.17, 15) is 0 Å². The van der Waals surface area contributed by atoms with Crippen molar-refractivity contribution in [2.75, 3.05) is 26.1 Å². The highest BCUT2D eigenvalue weighted by Crippen LogP contribution is 2.37. The number of benzene rings is 1. The van der Waals surface area contributed by atoms with E-state index in [1.165, 1.54) is 12.8 Å². The van der Waals surface area contributed by atoms with Crippen molar-refractivity contribution in [1.29, 1.82) is 0 Å². The van der Waals surface area contributed by atoms with Crippen LogP contribution < -0.4 is 14.8 Å². The number of hydrogen-bond acceptors (Lipinski definition) is 3. The third-order valence-corrected chi connectivity index (χ3v) is 3.05. The fourth-order valence-electron chi connectivity index (χ4n) is 1.57. The largest absolute Gasteiger partial charge is 0.495 e. The minimum absolute atomic E-state index is 0.599. The second-order valence-electron chi connectivity index (χ2n) is 4.01. The van der Waals surface area contributed by atoms with Crippen molar-refractivity contribution in [3.63, 3.8) is 0 Å². The van der Waals surface area contributed by atoms with Crippen LogP contribution >= 0.6 is 11.6 Å². The molecule has 4 heteroatoms. The zero-order valence-electron chi connectivity index (χ0n) is 9.55. The first-order chi connectivity index (χ1) is 7.74. The molecule has 1 aliphatic rings. The summed E-state index contributed by atoms with van der Waals surface area (Å²) in [5.41, 5.74) is 0.931. The Morgan fingerprint density at radius 2 is 1.94 bits per heavy atom. The third kappa shape index (κ3) is 2.53. The predicted molar refractivity (Wildman–Crippen MR) is 65.8 cm³/mol. The summed E-state index contributed by atoms with van der Waals surface area (Å²) in [7, 11) is 3.24. The molecule has 0 saturated heterocycles. The summed E-state index contributed by atoms with van der Waals surface area (Å²) in [5.74, 6) is 2.21. The molecule has 0 atom stereocenters. The predicted octanol–water partition coefficient (Wildman–Crippen LogP) is 3.18. The van der Waals surface area contributed by atoms with E-state index < -0.39 is 0 Å². The first kappa shape index (κ1) is 11.4. The number of nitrogens with one attached hydrogen (secondary N) is 1. The van der Waals surface area contributed by atoms with Crippen molar-refractivity contribution in [2.45, 2.75) is 12.8 Å². The summed E-state index contributed by atoms with van der Waals surface area (Å²) in [5, 5.41) is 3.95. The molecule has 16 heavy (non-hydrogen) atoms. The summed E-state index contributed by atoms with van der Waals surface area (Å²) >= 11 is 6.07. The maximum absolute atomic E-state index is 6.07. The van der Waals surface area contributed by atoms with Gasteiger partial charge in [0.05, 0.1) is 24.9 Å². The summed E-state index contributed by atoms with van der Waals surface area (Å²) < 4.78 is 10.4. The van der Waals surface area contributed by atoms with Gasteiger partial charge in [0.1, 0.15) is 11.5 Å². The van der Waals surface area contributed by atoms with E-state index in [1.54, 1.807) is 20.3 Å². The van der Waals surface area contributed by atoms with Crippen molar-refractivity contribution in [3.05, 3.63) is 17.2 Å². The van der Waals surface area contributed by atoms with Gasteiger partial charge in [-0.2, -0.15) is 0 Å². The first-order valence-corrected chi connectivity index (χ1v) is 5.77. The summed E-state index contributed by atoms with van der Waals surface area (Å²) in [6.07, 6.45) is 2.64. The highest BCUT2D eigenvalue weighted by Gasteiger charge is 2.21. The second kappa shape index (κ2) is 4.83. The minimum atomic E-state index is 0.599. The van der Waals surface area contributed by atoms with E-state index in [0.717, 1.165) is 23.9 Å². The van der Waals surface area contributed by atoms with Crippen LogP contribution in [0.3, 0.4) is 0 Å². The minimum Gasteiger partial charge on any atom is -0.495 e. The molecule has 1 N–H and O–H groups in total. The number of halogens is 1. The topological polar surface area (TPSA) is 30.5 Å². The normalized spacial score (nSPS) is 14.7. The van der Waals surface area contributed by atoms with Gasteiger partial charge in [-0.05, 0) is 24.8 Å². The van der Waals surface area contributed by atoms with Crippen molar-refractivity contribution in [1.82, 2.24) is 0 Å². The molecule has 2 rings (SSSR count). The first-order valence-electron chi connectivity index (χ1n) is 5.40. The molecule has 0 radical (unpaired) electrons. The Balaban J connectivity index is 2.16. The van der Waals surface area contributed by atoms with Gasteiger partial charge < -0.3 is 14.8 Å². The summed E-state index contributed by atoms with van der Waals surface area (Å²) in [6.45, 7) is 0.985. The molecule has 0 unspecified atom stereocenters. The fraction of sp³-hybridized carbons (Fsp3) is 0.500. The number of anilines is 1. The van der Waals surface area contributed by atoms with Crippen molar-refractivity contribution >= 4 is 17.3 Å². The average Bonchev–Trinajstić information content (AvgIpc) is 3.10. The number of rotatable bonds is 5. The quantitative estimate of drug-likeness (QED) is 0.859. The fourth-order valence-corrected chi connectivity index (χ4v) is 1.82. The molecule has 1 saturated carbocycles. The van der Waals surface area contributed by atoms with E-state index in [0.29, 0.717) is 10.8 Å². The van der Waals surface area contributed by atoms with Gasteiger partial charge in [-0.15, -0.1) is 0 Å². The Kier molecular flexibility index (Phi) is 3.44. The average molecular weight is 242 g/mol. The van der Waals surface area contributed by atoms with Crippen LogP contribution in [0.1, 0.15) is 12.8 Å². The zero-order valence-corrected chi connectivity index (χ0v) is 10.3. The number of methoxy groups -OCH3 is 2. The molecule has 0 bridgehead atoms. The van der Waals surface area contributed by atoms with E-state index in [2.05, 4.69) is 5.32 Å². The van der Waals surface area contributed by atoms with Gasteiger partial charge in [0.25, 0.3) is 0 Å². The smallest absolute Gasteiger partial charge is 0.145 e. The highest BCUT2D eigenvalue weighted by molar-refractivity contribution is 6.32. The van der Waals surface area contributed by atoms with E-state index in [4.69, 9.17) is 21.1 Å². The Morgan fingerprint density at radius 3 is 2.50 bits per heavy atom. The summed E-state index contributed by atoms with van der Waals surface area (Å²) in [6, 6.07) is 3.65. The molecule has 1 aromatic rings. The molecule has 1 aromatic carbocycles. The Morgan fingerprint density at radius 1 is 1.25 bits per heavy atom. The number of hydrogen-bond donors (Lipinski definition) is 1. The molecule has 88 valence electrons. The van der Waals surface area contributed by atoms with Gasteiger partial charge in [-0.3, -0.25) is 0 Å². The Bertz CT molecular complexity index is 378. The van der Waals surface area contributed by atoms with Gasteiger partial charge in [0, 0.05) is 12.6 Å². The zero-order chi connectivity index (χ0) is 11.5. The summed E-state index contributed by atoms with van der Waals surface area (Å²) in [4.78, 5) is 0. The van der Waals surface area contributed by atoms with Gasteiger partial charge in [-0.25, -0.2) is 0 Å². The van der Waals surface area contributed by atoms with Crippen LogP contribution in [0.25, 0.3) is 0 Å². The second-order valence-corrected chi connectivity index (χ2v) is 4.42. The molecular weight excluding hydrogens is 226 g/mol. The van der Waals surface area contributed by atoms with Crippen LogP contribution in [0.2, 0.25) is 5.02 Å². The van der Waals surface area contributed by atoms with E-state index >= 15 is 0 Å². The lowest BCUT2D eigenvalue weighted by molar-refractivity contribution is 0.395. The van der Waals surface area contributed by atoms with Gasteiger partial charge in [-0.1, -0.05) is 11.6 Å². The van der Waals surface area contributed by atoms with E-state index in [1.807, 2.05) is 6.07 Å². The van der Waals surface area contributed by atoms with Crippen molar-refractivity contribution in [2.24, 2.45) is 5.92 Å². The maximum atomic E-state index is 6.07. The van der Waals surface area contributed by atoms with Crippen LogP contribution in [-0.2, 0) is 0 Å². The standard InChI is InChI=1S/C12H16ClNO2/c1-15-11-6-12(16-2)10(5-9(11)13)14-7-8-3-4-8/h5-6,8,14H,3-4,7H2,1-2H3. The molecule has 0 aromatic heterocycles. The molecule has 0 heterocycles. The lowest BCUT2D eigenvalue weighted by Gasteiger charge is -2.13. The van der Waals surface area contributed by atoms with Crippen LogP contribution in [-0.4, -0.2) is 20.8 Å². The molecule has 0 aliphatic heterocycles. The van der Waals surface area contributed by atoms with Crippen molar-refractivity contribution < 1.29 is 9.47 Å². The van der Waals surface area contributed by atoms with Crippen molar-refractivity contribution in [3.8, 4) is 11.5 Å². The maximum Gasteiger partial charge on any atom is 0.145 e. The lowest BCUT2D eigenvalue weighted by Crippen LogP contribution is -2.05. The Labute approximate surface area is 101 Å². The van der Waals surface area contributed by atoms with Crippen LogP contribution in [0.15, 0.2) is 12.1 Å². The molecule has 3 nitrogen and oxygen atoms in total. The SMILES string of the molecule is COc1cc(OC)c(NCC2CC2)cc1Cl. The van der Waals surface area contributed by atoms with Gasteiger partial charge >= 0.3 is 0 Å². The highest BCUT2D eigenvalue weighted by atomic mass is 35.5. The van der Waals surface area contributed by atoms with Gasteiger partial charge in [0.2, 0.25) is 0 Å². The van der Waals surface area contributed by atoms with Crippen LogP contribution in [0.4, 0.5) is 5.69 Å². The van der Waals surface area contributed by atoms with Crippen LogP contribution in [0, 0.1) is 5.92 Å². The molecular formula is C12H16ClNO2. The van der Waals surface area contributed by atoms with Gasteiger partial charge in [0.15, 0.2) is 0 Å². The molecule has 0 amide bonds. The van der Waals surface area contributed by atoms with E-state index in [-0.39, 0.29) is 0 Å². The monoisotopic (exact) mass is 241 g/mol.